The molecule has 0 saturated carbocycles. The molecule has 1 N–H and O–H groups in total. The monoisotopic (exact) mass is 405 g/mol. The van der Waals surface area contributed by atoms with E-state index in [9.17, 15) is 12.8 Å². The van der Waals surface area contributed by atoms with E-state index in [4.69, 9.17) is 13.1 Å². The van der Waals surface area contributed by atoms with Crippen molar-refractivity contribution >= 4 is 21.3 Å². The predicted octanol–water partition coefficient (Wildman–Crippen LogP) is 2.31. The first kappa shape index (κ1) is 17.3. The fourth-order valence-corrected chi connectivity index (χ4v) is 4.22. The van der Waals surface area contributed by atoms with Gasteiger partial charge in [0.1, 0.15) is 23.0 Å². The molecule has 2 aromatic carbocycles. The molecule has 0 radical (unpaired) electrons. The zero-order chi connectivity index (χ0) is 19.3. The lowest BCUT2D eigenvalue weighted by atomic mass is 10.1. The Morgan fingerprint density at radius 2 is 1.93 bits per heavy atom. The maximum Gasteiger partial charge on any atom is 0.501 e. The van der Waals surface area contributed by atoms with E-state index in [0.717, 1.165) is 25.9 Å². The Kier molecular flexibility index (Phi) is 3.91. The van der Waals surface area contributed by atoms with E-state index < -0.39 is 16.2 Å². The summed E-state index contributed by atoms with van der Waals surface area (Å²) < 4.78 is 55.3. The maximum atomic E-state index is 14.4. The van der Waals surface area contributed by atoms with Crippen molar-refractivity contribution in [2.45, 2.75) is 18.9 Å². The summed E-state index contributed by atoms with van der Waals surface area (Å²) in [5.41, 5.74) is 0.669. The molecule has 0 spiro atoms. The molecule has 0 unspecified atom stereocenters. The molecule has 0 bridgehead atoms. The summed E-state index contributed by atoms with van der Waals surface area (Å²) in [6.07, 6.45) is 1.46. The number of hydrogen-bond donors (Lipinski definition) is 1. The van der Waals surface area contributed by atoms with E-state index in [0.29, 0.717) is 10.9 Å². The van der Waals surface area contributed by atoms with Crippen LogP contribution in [0.1, 0.15) is 12.8 Å². The van der Waals surface area contributed by atoms with Gasteiger partial charge < -0.3 is 18.4 Å². The first-order valence-corrected chi connectivity index (χ1v) is 10.2. The first-order valence-electron chi connectivity index (χ1n) is 8.84. The van der Waals surface area contributed by atoms with Crippen LogP contribution in [-0.2, 0) is 10.4 Å². The Morgan fingerprint density at radius 3 is 2.71 bits per heavy atom. The number of para-hydroxylation sites is 1. The molecule has 8 nitrogen and oxygen atoms in total. The summed E-state index contributed by atoms with van der Waals surface area (Å²) in [5.74, 6) is -0.229. The van der Waals surface area contributed by atoms with Gasteiger partial charge in [-0.25, -0.2) is 9.07 Å². The number of rotatable bonds is 3. The summed E-state index contributed by atoms with van der Waals surface area (Å²) in [4.78, 5) is 0. The maximum absolute atomic E-state index is 14.4. The molecule has 1 fully saturated rings. The molecule has 0 aliphatic carbocycles. The third-order valence-corrected chi connectivity index (χ3v) is 5.51. The van der Waals surface area contributed by atoms with Crippen molar-refractivity contribution in [2.75, 3.05) is 13.1 Å². The SMILES string of the molecule is O=S1(=O)Oc2ccc3c(c(OC4CCNCC4)nn3-c3ccccc3F)c2O1. The number of piperidine rings is 1. The number of aromatic nitrogens is 2. The molecular weight excluding hydrogens is 389 g/mol. The molecule has 5 rings (SSSR count). The lowest BCUT2D eigenvalue weighted by Gasteiger charge is -2.22. The Balaban J connectivity index is 1.71. The second-order valence-electron chi connectivity index (χ2n) is 6.60. The fourth-order valence-electron chi connectivity index (χ4n) is 3.47. The van der Waals surface area contributed by atoms with Gasteiger partial charge in [0.05, 0.1) is 5.52 Å². The molecule has 146 valence electrons. The van der Waals surface area contributed by atoms with Gasteiger partial charge in [0, 0.05) is 0 Å². The van der Waals surface area contributed by atoms with E-state index in [1.807, 2.05) is 0 Å². The summed E-state index contributed by atoms with van der Waals surface area (Å²) in [6, 6.07) is 9.24. The average molecular weight is 405 g/mol. The number of nitrogens with one attached hydrogen (secondary N) is 1. The molecule has 10 heteroatoms. The molecule has 1 aromatic heterocycles. The van der Waals surface area contributed by atoms with Gasteiger partial charge in [-0.05, 0) is 50.2 Å². The second-order valence-corrected chi connectivity index (χ2v) is 7.75. The molecule has 28 heavy (non-hydrogen) atoms. The van der Waals surface area contributed by atoms with Gasteiger partial charge in [0.2, 0.25) is 11.6 Å². The topological polar surface area (TPSA) is 91.7 Å². The van der Waals surface area contributed by atoms with Gasteiger partial charge in [-0.2, -0.15) is 0 Å². The van der Waals surface area contributed by atoms with Crippen LogP contribution >= 0.6 is 0 Å². The summed E-state index contributed by atoms with van der Waals surface area (Å²) >= 11 is 0. The Morgan fingerprint density at radius 1 is 1.14 bits per heavy atom. The van der Waals surface area contributed by atoms with Crippen molar-refractivity contribution in [3.63, 3.8) is 0 Å². The Hall–Kier alpha value is -2.85. The van der Waals surface area contributed by atoms with Gasteiger partial charge in [-0.1, -0.05) is 12.1 Å². The molecule has 0 atom stereocenters. The van der Waals surface area contributed by atoms with Crippen molar-refractivity contribution in [3.05, 3.63) is 42.2 Å². The molecule has 1 saturated heterocycles. The number of benzene rings is 2. The first-order chi connectivity index (χ1) is 13.5. The van der Waals surface area contributed by atoms with Crippen LogP contribution in [0.2, 0.25) is 0 Å². The minimum absolute atomic E-state index is 0.00373. The van der Waals surface area contributed by atoms with Crippen molar-refractivity contribution in [2.24, 2.45) is 0 Å². The third kappa shape index (κ3) is 2.85. The number of nitrogens with zero attached hydrogens (tertiary/aromatic N) is 2. The second kappa shape index (κ2) is 6.35. The minimum atomic E-state index is -4.19. The Bertz CT molecular complexity index is 1170. The zero-order valence-electron chi connectivity index (χ0n) is 14.6. The van der Waals surface area contributed by atoms with E-state index >= 15 is 0 Å². The normalized spacial score (nSPS) is 18.5. The fraction of sp³-hybridized carbons (Fsp3) is 0.278. The lowest BCUT2D eigenvalue weighted by molar-refractivity contribution is 0.157. The summed E-state index contributed by atoms with van der Waals surface area (Å²) in [6.45, 7) is 1.62. The highest BCUT2D eigenvalue weighted by Gasteiger charge is 2.34. The van der Waals surface area contributed by atoms with Gasteiger partial charge >= 0.3 is 10.4 Å². The molecule has 3 heterocycles. The zero-order valence-corrected chi connectivity index (χ0v) is 15.4. The van der Waals surface area contributed by atoms with Crippen LogP contribution < -0.4 is 18.4 Å². The van der Waals surface area contributed by atoms with Crippen LogP contribution in [0, 0.1) is 5.82 Å². The van der Waals surface area contributed by atoms with Crippen molar-refractivity contribution in [1.82, 2.24) is 15.1 Å². The smallest absolute Gasteiger partial charge is 0.473 e. The number of fused-ring (bicyclic) bond motifs is 3. The van der Waals surface area contributed by atoms with E-state index in [1.165, 1.54) is 16.8 Å². The van der Waals surface area contributed by atoms with Gasteiger partial charge in [-0.15, -0.1) is 13.5 Å². The predicted molar refractivity (Wildman–Crippen MR) is 97.7 cm³/mol. The van der Waals surface area contributed by atoms with E-state index in [2.05, 4.69) is 10.4 Å². The number of halogens is 1. The highest BCUT2D eigenvalue weighted by Crippen LogP contribution is 2.46. The quantitative estimate of drug-likeness (QED) is 0.715. The van der Waals surface area contributed by atoms with E-state index in [-0.39, 0.29) is 29.2 Å². The van der Waals surface area contributed by atoms with Crippen molar-refractivity contribution < 1.29 is 25.9 Å². The van der Waals surface area contributed by atoms with Crippen LogP contribution in [-0.4, -0.2) is 37.4 Å². The van der Waals surface area contributed by atoms with Crippen LogP contribution in [0.3, 0.4) is 0 Å². The van der Waals surface area contributed by atoms with Crippen LogP contribution in [0.25, 0.3) is 16.6 Å². The summed E-state index contributed by atoms with van der Waals surface area (Å²) in [5, 5.41) is 8.03. The van der Waals surface area contributed by atoms with Gasteiger partial charge in [0.15, 0.2) is 5.75 Å². The molecule has 2 aliphatic rings. The highest BCUT2D eigenvalue weighted by atomic mass is 32.3. The van der Waals surface area contributed by atoms with E-state index in [1.54, 1.807) is 24.3 Å². The van der Waals surface area contributed by atoms with Crippen LogP contribution in [0.4, 0.5) is 4.39 Å². The summed E-state index contributed by atoms with van der Waals surface area (Å²) in [7, 11) is -4.19. The molecule has 0 amide bonds. The average Bonchev–Trinajstić information content (AvgIpc) is 3.19. The standard InChI is InChI=1S/C18H16FN3O5S/c19-12-3-1-2-4-13(12)22-14-5-6-15-17(27-28(23,24)26-15)16(14)18(21-22)25-11-7-9-20-10-8-11/h1-6,11,20H,7-10H2. The number of hydrogen-bond acceptors (Lipinski definition) is 7. The molecule has 2 aliphatic heterocycles. The van der Waals surface area contributed by atoms with Crippen LogP contribution in [0.15, 0.2) is 36.4 Å². The lowest BCUT2D eigenvalue weighted by Crippen LogP contribution is -2.34. The molecule has 3 aromatic rings. The highest BCUT2D eigenvalue weighted by molar-refractivity contribution is 7.82. The number of ether oxygens (including phenoxy) is 1. The van der Waals surface area contributed by atoms with Crippen molar-refractivity contribution in [1.29, 1.82) is 0 Å². The largest absolute Gasteiger partial charge is 0.501 e. The van der Waals surface area contributed by atoms with Gasteiger partial charge in [-0.3, -0.25) is 0 Å². The van der Waals surface area contributed by atoms with Crippen molar-refractivity contribution in [3.8, 4) is 23.1 Å². The Labute approximate surface area is 160 Å². The molecular formula is C18H16FN3O5S. The van der Waals surface area contributed by atoms with Crippen LogP contribution in [0.5, 0.6) is 17.4 Å². The third-order valence-electron chi connectivity index (χ3n) is 4.75. The van der Waals surface area contributed by atoms with Gasteiger partial charge in [0.25, 0.3) is 0 Å². The minimum Gasteiger partial charge on any atom is -0.473 e.